The molecule has 6 aliphatic heterocycles. The fourth-order valence-corrected chi connectivity index (χ4v) is 8.03. The summed E-state index contributed by atoms with van der Waals surface area (Å²) >= 11 is 0. The normalized spacial score (nSPS) is 37.8. The fraction of sp³-hybridized carbons (Fsp3) is 0.655. The highest BCUT2D eigenvalue weighted by Crippen LogP contribution is 2.52. The number of ether oxygens (including phenoxy) is 1. The van der Waals surface area contributed by atoms with Gasteiger partial charge in [0.05, 0.1) is 30.9 Å². The number of fused-ring (bicyclic) bond motifs is 7. The van der Waals surface area contributed by atoms with Gasteiger partial charge in [-0.25, -0.2) is 0 Å². The number of benzene rings is 1. The maximum atomic E-state index is 13.7. The van der Waals surface area contributed by atoms with Gasteiger partial charge in [-0.1, -0.05) is 18.2 Å². The molecule has 0 radical (unpaired) electrons. The molecule has 2 amide bonds. The molecule has 1 spiro atoms. The molecule has 8 rings (SSSR count). The lowest BCUT2D eigenvalue weighted by Gasteiger charge is -2.50. The van der Waals surface area contributed by atoms with Gasteiger partial charge < -0.3 is 19.9 Å². The second kappa shape index (κ2) is 9.50. The van der Waals surface area contributed by atoms with Gasteiger partial charge in [0.2, 0.25) is 11.8 Å². The standard InChI is InChI=1S/C29H40N8O3/c1-34-15-18-13-19(5-6-21(18)29(17-34)9-10-29)31-28-30-14-20-25(33-28)37-23-8-7-22-26(32-23)35(24(38)16-40-22)11-3-2-4-12-36(37)27(20)39/h2,4-6,13,20,22-23,25-26,28,30-33H,3,7-12,14-17H2,1H3/b4-2+. The Morgan fingerprint density at radius 1 is 1.10 bits per heavy atom. The lowest BCUT2D eigenvalue weighted by atomic mass is 9.87. The van der Waals surface area contributed by atoms with E-state index in [0.29, 0.717) is 25.0 Å². The van der Waals surface area contributed by atoms with Crippen molar-refractivity contribution < 1.29 is 14.3 Å². The van der Waals surface area contributed by atoms with Gasteiger partial charge in [0, 0.05) is 37.3 Å². The number of morpholine rings is 1. The van der Waals surface area contributed by atoms with E-state index in [1.54, 1.807) is 0 Å². The third-order valence-corrected chi connectivity index (χ3v) is 10.1. The van der Waals surface area contributed by atoms with Crippen molar-refractivity contribution in [2.75, 3.05) is 45.2 Å². The Morgan fingerprint density at radius 3 is 2.88 bits per heavy atom. The van der Waals surface area contributed by atoms with E-state index in [0.717, 1.165) is 38.0 Å². The monoisotopic (exact) mass is 548 g/mol. The van der Waals surface area contributed by atoms with Gasteiger partial charge in [-0.05, 0) is 62.4 Å². The van der Waals surface area contributed by atoms with Crippen molar-refractivity contribution >= 4 is 17.5 Å². The predicted octanol–water partition coefficient (Wildman–Crippen LogP) is 0.276. The van der Waals surface area contributed by atoms with Crippen LogP contribution in [-0.4, -0.2) is 102 Å². The molecule has 5 fully saturated rings. The molecule has 6 heterocycles. The van der Waals surface area contributed by atoms with E-state index in [-0.39, 0.29) is 55.2 Å². The van der Waals surface area contributed by atoms with Crippen LogP contribution in [0.5, 0.6) is 0 Å². The molecule has 7 aliphatic rings. The molecule has 6 atom stereocenters. The van der Waals surface area contributed by atoms with Crippen LogP contribution in [-0.2, 0) is 26.3 Å². The first-order valence-electron chi connectivity index (χ1n) is 15.0. The Balaban J connectivity index is 1.04. The van der Waals surface area contributed by atoms with Crippen molar-refractivity contribution in [3.8, 4) is 0 Å². The van der Waals surface area contributed by atoms with E-state index < -0.39 is 0 Å². The molecule has 2 bridgehead atoms. The van der Waals surface area contributed by atoms with E-state index in [2.05, 4.69) is 68.6 Å². The highest BCUT2D eigenvalue weighted by atomic mass is 16.5. The minimum absolute atomic E-state index is 0.0190. The average molecular weight is 549 g/mol. The summed E-state index contributed by atoms with van der Waals surface area (Å²) in [6, 6.07) is 6.84. The molecular weight excluding hydrogens is 508 g/mol. The molecule has 4 saturated heterocycles. The third-order valence-electron chi connectivity index (χ3n) is 10.1. The lowest BCUT2D eigenvalue weighted by molar-refractivity contribution is -0.175. The number of amides is 2. The molecule has 214 valence electrons. The molecule has 1 aliphatic carbocycles. The van der Waals surface area contributed by atoms with Gasteiger partial charge in [-0.15, -0.1) is 0 Å². The summed E-state index contributed by atoms with van der Waals surface area (Å²) in [5, 5.41) is 18.8. The number of hydrazine groups is 1. The van der Waals surface area contributed by atoms with Gasteiger partial charge in [0.25, 0.3) is 0 Å². The summed E-state index contributed by atoms with van der Waals surface area (Å²) < 4.78 is 5.92. The molecule has 11 nitrogen and oxygen atoms in total. The van der Waals surface area contributed by atoms with Gasteiger partial charge in [0.15, 0.2) is 0 Å². The maximum absolute atomic E-state index is 13.7. The highest BCUT2D eigenvalue weighted by molar-refractivity contribution is 5.82. The Hall–Kier alpha value is -2.54. The predicted molar refractivity (Wildman–Crippen MR) is 148 cm³/mol. The van der Waals surface area contributed by atoms with Crippen LogP contribution in [0.3, 0.4) is 0 Å². The first-order valence-corrected chi connectivity index (χ1v) is 15.0. The summed E-state index contributed by atoms with van der Waals surface area (Å²) in [4.78, 5) is 30.8. The lowest BCUT2D eigenvalue weighted by Crippen LogP contribution is -2.72. The number of anilines is 1. The van der Waals surface area contributed by atoms with Crippen molar-refractivity contribution in [2.24, 2.45) is 5.92 Å². The minimum Gasteiger partial charge on any atom is -0.365 e. The zero-order valence-corrected chi connectivity index (χ0v) is 23.1. The van der Waals surface area contributed by atoms with E-state index in [1.165, 1.54) is 24.0 Å². The first kappa shape index (κ1) is 25.2. The summed E-state index contributed by atoms with van der Waals surface area (Å²) in [6.45, 7) is 4.07. The van der Waals surface area contributed by atoms with Crippen molar-refractivity contribution in [3.63, 3.8) is 0 Å². The number of hydrogen-bond acceptors (Lipinski definition) is 9. The van der Waals surface area contributed by atoms with Gasteiger partial charge in [-0.3, -0.25) is 30.5 Å². The van der Waals surface area contributed by atoms with Crippen LogP contribution in [0.2, 0.25) is 0 Å². The average Bonchev–Trinajstić information content (AvgIpc) is 3.65. The van der Waals surface area contributed by atoms with Crippen LogP contribution in [0.25, 0.3) is 0 Å². The van der Waals surface area contributed by atoms with Crippen molar-refractivity contribution in [3.05, 3.63) is 41.5 Å². The van der Waals surface area contributed by atoms with Crippen LogP contribution < -0.4 is 21.3 Å². The number of carbonyl (C=O) groups is 2. The maximum Gasteiger partial charge on any atom is 0.249 e. The SMILES string of the molecule is CN1Cc2cc(NC3NCC4C(=O)N5C/C=C/CCN6C(=O)COC7CCC(NC76)N5C4N3)ccc2C2(CC2)C1. The highest BCUT2D eigenvalue weighted by Gasteiger charge is 2.54. The Bertz CT molecular complexity index is 1240. The molecule has 6 unspecified atom stereocenters. The fourth-order valence-electron chi connectivity index (χ4n) is 8.03. The number of hydrogen-bond donors (Lipinski definition) is 4. The minimum atomic E-state index is -0.193. The molecule has 11 heteroatoms. The van der Waals surface area contributed by atoms with Crippen LogP contribution in [0.1, 0.15) is 43.2 Å². The van der Waals surface area contributed by atoms with Crippen LogP contribution in [0.15, 0.2) is 30.4 Å². The second-order valence-electron chi connectivity index (χ2n) is 12.7. The molecular formula is C29H40N8O3. The number of piperidine rings is 1. The Labute approximate surface area is 235 Å². The van der Waals surface area contributed by atoms with Crippen LogP contribution in [0.4, 0.5) is 5.69 Å². The van der Waals surface area contributed by atoms with Gasteiger partial charge in [-0.2, -0.15) is 5.01 Å². The third kappa shape index (κ3) is 4.09. The van der Waals surface area contributed by atoms with E-state index >= 15 is 0 Å². The summed E-state index contributed by atoms with van der Waals surface area (Å²) in [5.74, 6) is -0.0285. The summed E-state index contributed by atoms with van der Waals surface area (Å²) in [5.41, 5.74) is 4.40. The second-order valence-corrected chi connectivity index (χ2v) is 12.7. The van der Waals surface area contributed by atoms with E-state index in [4.69, 9.17) is 4.74 Å². The number of nitrogens with one attached hydrogen (secondary N) is 4. The number of carbonyl (C=O) groups excluding carboxylic acids is 2. The largest absolute Gasteiger partial charge is 0.365 e. The Kier molecular flexibility index (Phi) is 5.98. The topological polar surface area (TPSA) is 104 Å². The zero-order chi connectivity index (χ0) is 27.0. The zero-order valence-electron chi connectivity index (χ0n) is 23.1. The molecule has 4 N–H and O–H groups in total. The number of likely N-dealkylation sites (N-methyl/N-ethyl adjacent to an activating group) is 1. The van der Waals surface area contributed by atoms with Gasteiger partial charge in [0.1, 0.15) is 19.1 Å². The van der Waals surface area contributed by atoms with Gasteiger partial charge >= 0.3 is 0 Å². The summed E-state index contributed by atoms with van der Waals surface area (Å²) in [7, 11) is 2.22. The number of nitrogens with zero attached hydrogens (tertiary/aromatic N) is 4. The molecule has 0 aromatic heterocycles. The Morgan fingerprint density at radius 2 is 2.00 bits per heavy atom. The molecule has 1 aromatic rings. The molecule has 1 aromatic carbocycles. The first-order chi connectivity index (χ1) is 19.5. The van der Waals surface area contributed by atoms with Crippen molar-refractivity contribution in [2.45, 2.75) is 75.0 Å². The summed E-state index contributed by atoms with van der Waals surface area (Å²) in [6.07, 6.45) is 8.57. The van der Waals surface area contributed by atoms with E-state index in [9.17, 15) is 9.59 Å². The molecule has 40 heavy (non-hydrogen) atoms. The molecule has 1 saturated carbocycles. The van der Waals surface area contributed by atoms with Crippen LogP contribution in [0, 0.1) is 5.92 Å². The van der Waals surface area contributed by atoms with Crippen LogP contribution >= 0.6 is 0 Å². The quantitative estimate of drug-likeness (QED) is 0.388. The smallest absolute Gasteiger partial charge is 0.249 e. The van der Waals surface area contributed by atoms with Crippen molar-refractivity contribution in [1.82, 2.24) is 35.8 Å². The van der Waals surface area contributed by atoms with Crippen molar-refractivity contribution in [1.29, 1.82) is 0 Å². The number of rotatable bonds is 2. The van der Waals surface area contributed by atoms with E-state index in [1.807, 2.05) is 9.91 Å².